The second-order valence-electron chi connectivity index (χ2n) is 7.20. The first-order valence-electron chi connectivity index (χ1n) is 8.05. The van der Waals surface area contributed by atoms with Gasteiger partial charge in [0.25, 0.3) is 0 Å². The summed E-state index contributed by atoms with van der Waals surface area (Å²) in [5, 5.41) is 10.9. The molecule has 0 rings (SSSR count). The maximum atomic E-state index is 10.9. The van der Waals surface area contributed by atoms with Crippen LogP contribution in [0.4, 0.5) is 0 Å². The molecule has 0 aromatic carbocycles. The summed E-state index contributed by atoms with van der Waals surface area (Å²) in [5.41, 5.74) is -0.357. The first-order chi connectivity index (χ1) is 8.33. The van der Waals surface area contributed by atoms with E-state index in [1.807, 2.05) is 0 Å². The molecule has 0 radical (unpaired) electrons. The third-order valence-corrected chi connectivity index (χ3v) is 5.58. The van der Waals surface area contributed by atoms with Crippen LogP contribution in [-0.2, 0) is 0 Å². The van der Waals surface area contributed by atoms with Crippen molar-refractivity contribution in [3.63, 3.8) is 0 Å². The van der Waals surface area contributed by atoms with E-state index in [-0.39, 0.29) is 5.60 Å². The zero-order chi connectivity index (χ0) is 14.1. The number of hydrogen-bond acceptors (Lipinski definition) is 1. The van der Waals surface area contributed by atoms with Crippen molar-refractivity contribution < 1.29 is 5.11 Å². The Bertz CT molecular complexity index is 186. The molecule has 0 saturated carbocycles. The van der Waals surface area contributed by atoms with Gasteiger partial charge in [0.15, 0.2) is 0 Å². The molecule has 1 N–H and O–H groups in total. The smallest absolute Gasteiger partial charge is 0.0645 e. The van der Waals surface area contributed by atoms with E-state index in [2.05, 4.69) is 33.5 Å². The second-order valence-corrected chi connectivity index (χ2v) is 12.8. The first kappa shape index (κ1) is 18.2. The molecule has 2 heteroatoms. The molecule has 0 amide bonds. The minimum absolute atomic E-state index is 0.357. The lowest BCUT2D eigenvalue weighted by atomic mass is 9.88. The van der Waals surface area contributed by atoms with Gasteiger partial charge < -0.3 is 5.11 Å². The number of aliphatic hydroxyl groups is 1. The van der Waals surface area contributed by atoms with Crippen LogP contribution in [-0.4, -0.2) is 18.8 Å². The van der Waals surface area contributed by atoms with Crippen LogP contribution >= 0.6 is 0 Å². The molecule has 18 heavy (non-hydrogen) atoms. The van der Waals surface area contributed by atoms with Gasteiger partial charge in [0.2, 0.25) is 0 Å². The van der Waals surface area contributed by atoms with Gasteiger partial charge >= 0.3 is 0 Å². The van der Waals surface area contributed by atoms with Crippen LogP contribution in [0.5, 0.6) is 0 Å². The predicted octanol–water partition coefficient (Wildman–Crippen LogP) is 5.61. The van der Waals surface area contributed by atoms with Crippen molar-refractivity contribution in [1.82, 2.24) is 0 Å². The summed E-state index contributed by atoms with van der Waals surface area (Å²) in [5.74, 6) is 0. The molecule has 0 atom stereocenters. The van der Waals surface area contributed by atoms with E-state index in [0.717, 1.165) is 19.3 Å². The molecule has 0 bridgehead atoms. The number of rotatable bonds is 11. The van der Waals surface area contributed by atoms with Gasteiger partial charge in [-0.2, -0.15) is 0 Å². The second kappa shape index (κ2) is 9.14. The molecule has 0 aromatic heterocycles. The van der Waals surface area contributed by atoms with Crippen LogP contribution in [0.2, 0.25) is 25.7 Å². The maximum absolute atomic E-state index is 10.9. The monoisotopic (exact) mass is 272 g/mol. The van der Waals surface area contributed by atoms with Gasteiger partial charge in [-0.1, -0.05) is 78.1 Å². The van der Waals surface area contributed by atoms with Gasteiger partial charge in [0, 0.05) is 8.07 Å². The molecule has 0 saturated heterocycles. The Labute approximate surface area is 116 Å². The van der Waals surface area contributed by atoms with E-state index in [0.29, 0.717) is 0 Å². The topological polar surface area (TPSA) is 20.2 Å². The molecule has 0 aliphatic heterocycles. The fraction of sp³-hybridized carbons (Fsp3) is 1.00. The molecular formula is C16H36OSi. The summed E-state index contributed by atoms with van der Waals surface area (Å²) in [6.45, 7) is 11.7. The Morgan fingerprint density at radius 2 is 1.22 bits per heavy atom. The number of unbranched alkanes of at least 4 members (excludes halogenated alkanes) is 4. The van der Waals surface area contributed by atoms with Crippen LogP contribution in [0.25, 0.3) is 0 Å². The largest absolute Gasteiger partial charge is 0.390 e. The molecule has 0 unspecified atom stereocenters. The Morgan fingerprint density at radius 3 is 1.56 bits per heavy atom. The lowest BCUT2D eigenvalue weighted by Gasteiger charge is -2.31. The Balaban J connectivity index is 4.20. The van der Waals surface area contributed by atoms with Crippen LogP contribution in [0.3, 0.4) is 0 Å². The van der Waals surface area contributed by atoms with Crippen molar-refractivity contribution in [3.8, 4) is 0 Å². The summed E-state index contributed by atoms with van der Waals surface area (Å²) >= 11 is 0. The quantitative estimate of drug-likeness (QED) is 0.383. The van der Waals surface area contributed by atoms with Crippen LogP contribution in [0.15, 0.2) is 0 Å². The van der Waals surface area contributed by atoms with E-state index in [1.54, 1.807) is 0 Å². The van der Waals surface area contributed by atoms with E-state index in [4.69, 9.17) is 0 Å². The van der Waals surface area contributed by atoms with Gasteiger partial charge in [-0.15, -0.1) is 0 Å². The summed E-state index contributed by atoms with van der Waals surface area (Å²) in [6.07, 6.45) is 10.5. The van der Waals surface area contributed by atoms with Gasteiger partial charge in [0.1, 0.15) is 0 Å². The highest BCUT2D eigenvalue weighted by Crippen LogP contribution is 2.30. The van der Waals surface area contributed by atoms with Crippen LogP contribution < -0.4 is 0 Å². The maximum Gasteiger partial charge on any atom is 0.0645 e. The fourth-order valence-electron chi connectivity index (χ4n) is 2.39. The molecule has 110 valence electrons. The highest BCUT2D eigenvalue weighted by Gasteiger charge is 2.28. The average molecular weight is 273 g/mol. The van der Waals surface area contributed by atoms with Gasteiger partial charge in [-0.25, -0.2) is 0 Å². The van der Waals surface area contributed by atoms with Gasteiger partial charge in [-0.3, -0.25) is 0 Å². The summed E-state index contributed by atoms with van der Waals surface area (Å²) in [7, 11) is -1.02. The Hall–Kier alpha value is 0.177. The van der Waals surface area contributed by atoms with E-state index in [1.165, 1.54) is 44.6 Å². The molecule has 0 spiro atoms. The van der Waals surface area contributed by atoms with Crippen LogP contribution in [0.1, 0.15) is 71.6 Å². The van der Waals surface area contributed by atoms with Crippen molar-refractivity contribution in [1.29, 1.82) is 0 Å². The molecule has 0 aromatic rings. The third kappa shape index (κ3) is 10.1. The highest BCUT2D eigenvalue weighted by molar-refractivity contribution is 6.76. The Kier molecular flexibility index (Phi) is 9.23. The van der Waals surface area contributed by atoms with Crippen molar-refractivity contribution in [2.45, 2.75) is 103 Å². The normalized spacial score (nSPS) is 13.0. The molecule has 0 fully saturated rings. The van der Waals surface area contributed by atoms with Crippen LogP contribution in [0, 0.1) is 0 Å². The molecular weight excluding hydrogens is 236 g/mol. The van der Waals surface area contributed by atoms with E-state index in [9.17, 15) is 5.11 Å². The van der Waals surface area contributed by atoms with Crippen molar-refractivity contribution in [2.24, 2.45) is 0 Å². The third-order valence-electron chi connectivity index (χ3n) is 3.83. The minimum atomic E-state index is -1.02. The average Bonchev–Trinajstić information content (AvgIpc) is 2.27. The lowest BCUT2D eigenvalue weighted by Crippen LogP contribution is -2.32. The van der Waals surface area contributed by atoms with E-state index >= 15 is 0 Å². The summed E-state index contributed by atoms with van der Waals surface area (Å²) < 4.78 is 0. The van der Waals surface area contributed by atoms with E-state index < -0.39 is 8.07 Å². The van der Waals surface area contributed by atoms with Crippen molar-refractivity contribution in [2.75, 3.05) is 0 Å². The van der Waals surface area contributed by atoms with Gasteiger partial charge in [0.05, 0.1) is 5.60 Å². The molecule has 1 nitrogen and oxygen atoms in total. The standard InChI is InChI=1S/C16H36OSi/c1-6-8-10-12-16(17,13-11-9-7-2)14-15-18(3,4)5/h17H,6-15H2,1-5H3. The zero-order valence-electron chi connectivity index (χ0n) is 13.5. The first-order valence-corrected chi connectivity index (χ1v) is 11.8. The Morgan fingerprint density at radius 1 is 0.778 bits per heavy atom. The molecule has 0 aliphatic carbocycles. The van der Waals surface area contributed by atoms with Crippen molar-refractivity contribution >= 4 is 8.07 Å². The molecule has 0 heterocycles. The van der Waals surface area contributed by atoms with Gasteiger partial charge in [-0.05, 0) is 19.3 Å². The summed E-state index contributed by atoms with van der Waals surface area (Å²) in [6, 6.07) is 1.27. The minimum Gasteiger partial charge on any atom is -0.390 e. The summed E-state index contributed by atoms with van der Waals surface area (Å²) in [4.78, 5) is 0. The SMILES string of the molecule is CCCCCC(O)(CCCCC)CC[Si](C)(C)C. The lowest BCUT2D eigenvalue weighted by molar-refractivity contribution is 0.0139. The highest BCUT2D eigenvalue weighted by atomic mass is 28.3. The zero-order valence-corrected chi connectivity index (χ0v) is 14.5. The predicted molar refractivity (Wildman–Crippen MR) is 86.0 cm³/mol. The number of hydrogen-bond donors (Lipinski definition) is 1. The molecule has 0 aliphatic rings. The van der Waals surface area contributed by atoms with Crippen molar-refractivity contribution in [3.05, 3.63) is 0 Å². The fourth-order valence-corrected chi connectivity index (χ4v) is 3.61.